The van der Waals surface area contributed by atoms with Gasteiger partial charge in [0.15, 0.2) is 0 Å². The Labute approximate surface area is 236 Å². The van der Waals surface area contributed by atoms with Crippen molar-refractivity contribution in [1.29, 1.82) is 0 Å². The number of hydrogen-bond donors (Lipinski definition) is 2. The van der Waals surface area contributed by atoms with E-state index in [-0.39, 0.29) is 77.3 Å². The van der Waals surface area contributed by atoms with Crippen LogP contribution in [-0.4, -0.2) is 101 Å². The van der Waals surface area contributed by atoms with Crippen LogP contribution in [0.15, 0.2) is 12.2 Å². The van der Waals surface area contributed by atoms with Crippen molar-refractivity contribution in [3.05, 3.63) is 12.2 Å². The lowest BCUT2D eigenvalue weighted by Gasteiger charge is -2.33. The zero-order valence-electron chi connectivity index (χ0n) is 22.9. The molecule has 4 amide bonds. The summed E-state index contributed by atoms with van der Waals surface area (Å²) in [4.78, 5) is 48.1. The van der Waals surface area contributed by atoms with E-state index in [9.17, 15) is 19.2 Å². The number of nitrogens with one attached hydrogen (secondary N) is 2. The van der Waals surface area contributed by atoms with Crippen LogP contribution < -0.4 is 10.6 Å². The molecule has 0 aromatic heterocycles. The average Bonchev–Trinajstić information content (AvgIpc) is 3.27. The fourth-order valence-electron chi connectivity index (χ4n) is 3.41. The Morgan fingerprint density at radius 2 is 1.10 bits per heavy atom. The Morgan fingerprint density at radius 3 is 1.52 bits per heavy atom. The largest absolute Gasteiger partial charge is 0.380 e. The van der Waals surface area contributed by atoms with E-state index in [0.717, 1.165) is 17.1 Å². The lowest BCUT2D eigenvalue weighted by Crippen LogP contribution is -2.42. The third-order valence-electron chi connectivity index (χ3n) is 5.51. The topological polar surface area (TPSA) is 132 Å². The molecule has 0 unspecified atom stereocenters. The zero-order chi connectivity index (χ0) is 29.5. The lowest BCUT2D eigenvalue weighted by molar-refractivity contribution is -0.137. The standard InChI is InChI=1S/C29H39N3O8/c1-4-7-17-37-21-29(22-38-18-8-5-2,23-39-19-9-6-3)24-40-20-13-26(34)31-15-14-30-25(33)12-16-32-27(35)10-11-28(32)36/h1-3,10-11H,7-9,12-24H2,(H,30,33)(H,31,34). The number of imide groups is 1. The van der Waals surface area contributed by atoms with Crippen LogP contribution in [0.4, 0.5) is 0 Å². The number of ether oxygens (including phenoxy) is 4. The van der Waals surface area contributed by atoms with Gasteiger partial charge in [-0.1, -0.05) is 0 Å². The highest BCUT2D eigenvalue weighted by Crippen LogP contribution is 2.21. The van der Waals surface area contributed by atoms with Crippen molar-refractivity contribution in [3.63, 3.8) is 0 Å². The smallest absolute Gasteiger partial charge is 0.253 e. The summed E-state index contributed by atoms with van der Waals surface area (Å²) in [5.41, 5.74) is -0.654. The molecule has 1 rings (SSSR count). The normalized spacial score (nSPS) is 12.6. The van der Waals surface area contributed by atoms with E-state index in [1.54, 1.807) is 0 Å². The van der Waals surface area contributed by atoms with Crippen LogP contribution >= 0.6 is 0 Å². The van der Waals surface area contributed by atoms with E-state index in [1.807, 2.05) is 0 Å². The fraction of sp³-hybridized carbons (Fsp3) is 0.586. The zero-order valence-corrected chi connectivity index (χ0v) is 22.9. The van der Waals surface area contributed by atoms with Crippen LogP contribution in [0.25, 0.3) is 0 Å². The molecule has 0 bridgehead atoms. The van der Waals surface area contributed by atoms with Crippen LogP contribution in [0.5, 0.6) is 0 Å². The monoisotopic (exact) mass is 557 g/mol. The fourth-order valence-corrected chi connectivity index (χ4v) is 3.41. The molecule has 0 aromatic carbocycles. The highest BCUT2D eigenvalue weighted by Gasteiger charge is 2.32. The van der Waals surface area contributed by atoms with Gasteiger partial charge in [-0.25, -0.2) is 0 Å². The molecule has 218 valence electrons. The first-order chi connectivity index (χ1) is 19.4. The van der Waals surface area contributed by atoms with Crippen molar-refractivity contribution >= 4 is 23.6 Å². The summed E-state index contributed by atoms with van der Waals surface area (Å²) >= 11 is 0. The number of amides is 4. The van der Waals surface area contributed by atoms with Gasteiger partial charge in [0.05, 0.1) is 58.3 Å². The van der Waals surface area contributed by atoms with Crippen molar-refractivity contribution in [2.24, 2.45) is 5.41 Å². The van der Waals surface area contributed by atoms with Gasteiger partial charge in [0.1, 0.15) is 0 Å². The number of carbonyl (C=O) groups is 4. The van der Waals surface area contributed by atoms with Crippen molar-refractivity contribution in [2.75, 3.05) is 72.5 Å². The van der Waals surface area contributed by atoms with Gasteiger partial charge < -0.3 is 29.6 Å². The number of nitrogens with zero attached hydrogens (tertiary/aromatic N) is 1. The minimum atomic E-state index is -0.654. The third kappa shape index (κ3) is 15.1. The van der Waals surface area contributed by atoms with Crippen LogP contribution in [0.3, 0.4) is 0 Å². The first kappa shape index (κ1) is 34.4. The SMILES string of the molecule is C#CCCOCC(COCCC#C)(COCCC#C)COCCC(=O)NCCNC(=O)CCN1C(=O)C=CC1=O. The second-order valence-corrected chi connectivity index (χ2v) is 8.93. The minimum Gasteiger partial charge on any atom is -0.380 e. The van der Waals surface area contributed by atoms with Crippen molar-refractivity contribution < 1.29 is 38.1 Å². The molecule has 0 aromatic rings. The van der Waals surface area contributed by atoms with Crippen LogP contribution in [0, 0.1) is 42.4 Å². The van der Waals surface area contributed by atoms with E-state index in [2.05, 4.69) is 28.4 Å². The molecule has 11 nitrogen and oxygen atoms in total. The molecular weight excluding hydrogens is 518 g/mol. The summed E-state index contributed by atoms with van der Waals surface area (Å²) in [6, 6.07) is 0. The minimum absolute atomic E-state index is 0.000530. The molecule has 0 saturated carbocycles. The molecule has 2 N–H and O–H groups in total. The van der Waals surface area contributed by atoms with E-state index in [1.165, 1.54) is 0 Å². The summed E-state index contributed by atoms with van der Waals surface area (Å²) in [6.45, 7) is 2.69. The van der Waals surface area contributed by atoms with Gasteiger partial charge in [-0.3, -0.25) is 24.1 Å². The van der Waals surface area contributed by atoms with Gasteiger partial charge in [-0.05, 0) is 0 Å². The second-order valence-electron chi connectivity index (χ2n) is 8.93. The molecule has 0 atom stereocenters. The van der Waals surface area contributed by atoms with Gasteiger partial charge >= 0.3 is 0 Å². The number of carbonyl (C=O) groups excluding carboxylic acids is 4. The molecule has 11 heteroatoms. The van der Waals surface area contributed by atoms with E-state index in [4.69, 9.17) is 38.2 Å². The van der Waals surface area contributed by atoms with Gasteiger partial charge in [0.25, 0.3) is 11.8 Å². The van der Waals surface area contributed by atoms with Gasteiger partial charge in [-0.15, -0.1) is 37.0 Å². The lowest BCUT2D eigenvalue weighted by atomic mass is 9.92. The number of rotatable bonds is 23. The van der Waals surface area contributed by atoms with Crippen molar-refractivity contribution in [2.45, 2.75) is 32.1 Å². The molecule has 0 aliphatic carbocycles. The first-order valence-electron chi connectivity index (χ1n) is 13.1. The Kier molecular flexibility index (Phi) is 18.2. The highest BCUT2D eigenvalue weighted by molar-refractivity contribution is 6.13. The molecule has 0 fully saturated rings. The van der Waals surface area contributed by atoms with Crippen LogP contribution in [0.2, 0.25) is 0 Å². The maximum Gasteiger partial charge on any atom is 0.253 e. The van der Waals surface area contributed by atoms with E-state index < -0.39 is 17.2 Å². The Bertz CT molecular complexity index is 900. The second kappa shape index (κ2) is 21.2. The summed E-state index contributed by atoms with van der Waals surface area (Å²) in [7, 11) is 0. The highest BCUT2D eigenvalue weighted by atomic mass is 16.5. The molecular formula is C29H39N3O8. The summed E-state index contributed by atoms with van der Waals surface area (Å²) in [5, 5.41) is 5.33. The van der Waals surface area contributed by atoms with Crippen LogP contribution in [0.1, 0.15) is 32.1 Å². The molecule has 0 spiro atoms. The molecule has 0 saturated heterocycles. The van der Waals surface area contributed by atoms with E-state index in [0.29, 0.717) is 39.1 Å². The number of terminal acetylenes is 3. The molecule has 1 heterocycles. The maximum atomic E-state index is 12.2. The van der Waals surface area contributed by atoms with E-state index >= 15 is 0 Å². The van der Waals surface area contributed by atoms with Crippen molar-refractivity contribution in [1.82, 2.24) is 15.5 Å². The summed E-state index contributed by atoms with van der Waals surface area (Å²) in [6.07, 6.45) is 19.7. The van der Waals surface area contributed by atoms with Gasteiger partial charge in [0.2, 0.25) is 11.8 Å². The third-order valence-corrected chi connectivity index (χ3v) is 5.51. The predicted molar refractivity (Wildman–Crippen MR) is 147 cm³/mol. The molecule has 1 aliphatic rings. The predicted octanol–water partition coefficient (Wildman–Crippen LogP) is 0.0467. The Morgan fingerprint density at radius 1 is 0.700 bits per heavy atom. The summed E-state index contributed by atoms with van der Waals surface area (Å²) in [5.74, 6) is 6.13. The van der Waals surface area contributed by atoms with Crippen molar-refractivity contribution in [3.8, 4) is 37.0 Å². The first-order valence-corrected chi connectivity index (χ1v) is 13.1. The maximum absolute atomic E-state index is 12.2. The molecule has 1 aliphatic heterocycles. The molecule has 40 heavy (non-hydrogen) atoms. The Hall–Kier alpha value is -3.66. The quantitative estimate of drug-likeness (QED) is 0.102. The summed E-state index contributed by atoms with van der Waals surface area (Å²) < 4.78 is 23.1. The van der Waals surface area contributed by atoms with Gasteiger partial charge in [-0.2, -0.15) is 0 Å². The van der Waals surface area contributed by atoms with Gasteiger partial charge in [0, 0.05) is 63.9 Å². The molecule has 0 radical (unpaired) electrons. The van der Waals surface area contributed by atoms with Crippen LogP contribution in [-0.2, 0) is 38.1 Å². The average molecular weight is 558 g/mol. The Balaban J connectivity index is 2.40. The number of hydrogen-bond acceptors (Lipinski definition) is 8.